The molecule has 0 atom stereocenters. The van der Waals surface area contributed by atoms with Gasteiger partial charge in [0.25, 0.3) is 0 Å². The van der Waals surface area contributed by atoms with Crippen LogP contribution in [0.5, 0.6) is 0 Å². The summed E-state index contributed by atoms with van der Waals surface area (Å²) in [7, 11) is 0. The summed E-state index contributed by atoms with van der Waals surface area (Å²) in [4.78, 5) is 14.7. The van der Waals surface area contributed by atoms with Gasteiger partial charge in [0.2, 0.25) is 5.91 Å². The van der Waals surface area contributed by atoms with Crippen molar-refractivity contribution in [2.45, 2.75) is 104 Å². The lowest BCUT2D eigenvalue weighted by atomic mass is 9.84. The van der Waals surface area contributed by atoms with Gasteiger partial charge in [-0.25, -0.2) is 0 Å². The zero-order valence-corrected chi connectivity index (χ0v) is 15.2. The Morgan fingerprint density at radius 1 is 0.773 bits per heavy atom. The number of hydrogen-bond donors (Lipinski definition) is 0. The first kappa shape index (κ1) is 19.5. The molecule has 1 rings (SSSR count). The van der Waals surface area contributed by atoms with E-state index in [1.807, 2.05) is 0 Å². The molecule has 0 radical (unpaired) electrons. The molecule has 0 saturated heterocycles. The molecule has 2 heteroatoms. The van der Waals surface area contributed by atoms with E-state index in [1.54, 1.807) is 0 Å². The fourth-order valence-electron chi connectivity index (χ4n) is 3.23. The lowest BCUT2D eigenvalue weighted by molar-refractivity contribution is -0.138. The number of hydrogen-bond acceptors (Lipinski definition) is 1. The number of nitrogens with zero attached hydrogens (tertiary/aromatic N) is 1. The van der Waals surface area contributed by atoms with Crippen molar-refractivity contribution in [3.05, 3.63) is 0 Å². The van der Waals surface area contributed by atoms with E-state index in [-0.39, 0.29) is 0 Å². The molecule has 1 saturated carbocycles. The molecule has 0 aromatic rings. The van der Waals surface area contributed by atoms with E-state index in [4.69, 9.17) is 0 Å². The van der Waals surface area contributed by atoms with Crippen molar-refractivity contribution < 1.29 is 4.79 Å². The Bertz CT molecular complexity index is 273. The molecule has 1 aliphatic rings. The Balaban J connectivity index is 2.20. The zero-order chi connectivity index (χ0) is 16.0. The van der Waals surface area contributed by atoms with Gasteiger partial charge in [-0.2, -0.15) is 0 Å². The molecule has 0 aromatic carbocycles. The molecule has 0 aliphatic heterocycles. The predicted molar refractivity (Wildman–Crippen MR) is 96.1 cm³/mol. The quantitative estimate of drug-likeness (QED) is 0.363. The maximum absolute atomic E-state index is 12.5. The van der Waals surface area contributed by atoms with Gasteiger partial charge in [0.15, 0.2) is 0 Å². The molecule has 2 nitrogen and oxygen atoms in total. The normalized spacial score (nSPS) is 14.8. The van der Waals surface area contributed by atoms with Gasteiger partial charge < -0.3 is 4.90 Å². The van der Waals surface area contributed by atoms with Gasteiger partial charge in [0.05, 0.1) is 0 Å². The molecule has 0 unspecified atom stereocenters. The van der Waals surface area contributed by atoms with Crippen LogP contribution in [0.4, 0.5) is 0 Å². The Morgan fingerprint density at radius 2 is 1.23 bits per heavy atom. The standard InChI is InChI=1S/C20H39NO/c1-3-5-7-9-11-13-18-21(17-12-10-8-6-4-2)20(22)19-15-14-16-19/h19H,3-18H2,1-2H3. The zero-order valence-electron chi connectivity index (χ0n) is 15.2. The van der Waals surface area contributed by atoms with Crippen molar-refractivity contribution >= 4 is 5.91 Å². The minimum atomic E-state index is 0.371. The SMILES string of the molecule is CCCCCCCCN(CCCCCCC)C(=O)C1CCC1. The molecule has 1 aliphatic carbocycles. The Hall–Kier alpha value is -0.530. The molecule has 0 N–H and O–H groups in total. The van der Waals surface area contributed by atoms with Crippen LogP contribution in [0.3, 0.4) is 0 Å². The molecule has 0 aromatic heterocycles. The van der Waals surface area contributed by atoms with Crippen LogP contribution in [0.1, 0.15) is 104 Å². The highest BCUT2D eigenvalue weighted by Gasteiger charge is 2.28. The summed E-state index contributed by atoms with van der Waals surface area (Å²) in [6.45, 7) is 6.53. The van der Waals surface area contributed by atoms with E-state index in [2.05, 4.69) is 18.7 Å². The van der Waals surface area contributed by atoms with Crippen LogP contribution in [0.15, 0.2) is 0 Å². The lowest BCUT2D eigenvalue weighted by Gasteiger charge is -2.32. The molecule has 1 fully saturated rings. The molecule has 0 heterocycles. The van der Waals surface area contributed by atoms with E-state index in [9.17, 15) is 4.79 Å². The third-order valence-corrected chi connectivity index (χ3v) is 5.08. The second-order valence-electron chi connectivity index (χ2n) is 7.14. The molecule has 1 amide bonds. The number of rotatable bonds is 14. The van der Waals surface area contributed by atoms with Crippen LogP contribution in [0.2, 0.25) is 0 Å². The largest absolute Gasteiger partial charge is 0.342 e. The molecular weight excluding hydrogens is 270 g/mol. The predicted octanol–water partition coefficient (Wildman–Crippen LogP) is 5.95. The van der Waals surface area contributed by atoms with E-state index in [0.717, 1.165) is 25.9 Å². The summed E-state index contributed by atoms with van der Waals surface area (Å²) in [6, 6.07) is 0. The topological polar surface area (TPSA) is 20.3 Å². The average Bonchev–Trinajstić information content (AvgIpc) is 2.46. The van der Waals surface area contributed by atoms with Crippen LogP contribution in [-0.4, -0.2) is 23.9 Å². The lowest BCUT2D eigenvalue weighted by Crippen LogP contribution is -2.40. The second kappa shape index (κ2) is 13.0. The van der Waals surface area contributed by atoms with Gasteiger partial charge in [0, 0.05) is 19.0 Å². The van der Waals surface area contributed by atoms with Gasteiger partial charge in [-0.3, -0.25) is 4.79 Å². The van der Waals surface area contributed by atoms with Crippen LogP contribution in [0, 0.1) is 5.92 Å². The third-order valence-electron chi connectivity index (χ3n) is 5.08. The van der Waals surface area contributed by atoms with E-state index in [0.29, 0.717) is 11.8 Å². The molecular formula is C20H39NO. The summed E-state index contributed by atoms with van der Waals surface area (Å²) in [5.41, 5.74) is 0. The van der Waals surface area contributed by atoms with Gasteiger partial charge in [-0.15, -0.1) is 0 Å². The van der Waals surface area contributed by atoms with Crippen molar-refractivity contribution in [1.29, 1.82) is 0 Å². The molecule has 0 spiro atoms. The number of carbonyl (C=O) groups is 1. The maximum Gasteiger partial charge on any atom is 0.225 e. The van der Waals surface area contributed by atoms with Gasteiger partial charge >= 0.3 is 0 Å². The number of carbonyl (C=O) groups excluding carboxylic acids is 1. The molecule has 0 bridgehead atoms. The minimum Gasteiger partial charge on any atom is -0.342 e. The van der Waals surface area contributed by atoms with Crippen molar-refractivity contribution in [3.63, 3.8) is 0 Å². The fourth-order valence-corrected chi connectivity index (χ4v) is 3.23. The molecule has 130 valence electrons. The minimum absolute atomic E-state index is 0.371. The highest BCUT2D eigenvalue weighted by Crippen LogP contribution is 2.28. The van der Waals surface area contributed by atoms with E-state index >= 15 is 0 Å². The van der Waals surface area contributed by atoms with Crippen molar-refractivity contribution in [2.24, 2.45) is 5.92 Å². The van der Waals surface area contributed by atoms with Crippen LogP contribution in [-0.2, 0) is 4.79 Å². The number of unbranched alkanes of at least 4 members (excludes halogenated alkanes) is 9. The monoisotopic (exact) mass is 309 g/mol. The average molecular weight is 310 g/mol. The maximum atomic E-state index is 12.5. The van der Waals surface area contributed by atoms with Gasteiger partial charge in [-0.05, 0) is 25.7 Å². The Morgan fingerprint density at radius 3 is 1.64 bits per heavy atom. The number of amides is 1. The summed E-state index contributed by atoms with van der Waals surface area (Å²) in [6.07, 6.45) is 17.9. The first-order valence-electron chi connectivity index (χ1n) is 10.1. The van der Waals surface area contributed by atoms with Crippen LogP contribution < -0.4 is 0 Å². The van der Waals surface area contributed by atoms with Crippen molar-refractivity contribution in [3.8, 4) is 0 Å². The first-order chi connectivity index (χ1) is 10.8. The smallest absolute Gasteiger partial charge is 0.225 e. The van der Waals surface area contributed by atoms with Crippen molar-refractivity contribution in [2.75, 3.05) is 13.1 Å². The van der Waals surface area contributed by atoms with Gasteiger partial charge in [0.1, 0.15) is 0 Å². The van der Waals surface area contributed by atoms with E-state index in [1.165, 1.54) is 77.0 Å². The molecule has 22 heavy (non-hydrogen) atoms. The highest BCUT2D eigenvalue weighted by atomic mass is 16.2. The van der Waals surface area contributed by atoms with Crippen molar-refractivity contribution in [1.82, 2.24) is 4.90 Å². The summed E-state index contributed by atoms with van der Waals surface area (Å²) >= 11 is 0. The Labute approximate surface area is 139 Å². The summed E-state index contributed by atoms with van der Waals surface area (Å²) < 4.78 is 0. The third kappa shape index (κ3) is 8.19. The summed E-state index contributed by atoms with van der Waals surface area (Å²) in [5.74, 6) is 0.839. The van der Waals surface area contributed by atoms with Crippen LogP contribution >= 0.6 is 0 Å². The Kier molecular flexibility index (Phi) is 11.5. The second-order valence-corrected chi connectivity index (χ2v) is 7.14. The van der Waals surface area contributed by atoms with E-state index < -0.39 is 0 Å². The fraction of sp³-hybridized carbons (Fsp3) is 0.950. The van der Waals surface area contributed by atoms with Crippen LogP contribution in [0.25, 0.3) is 0 Å². The summed E-state index contributed by atoms with van der Waals surface area (Å²) in [5, 5.41) is 0. The first-order valence-corrected chi connectivity index (χ1v) is 10.1. The highest BCUT2D eigenvalue weighted by molar-refractivity contribution is 5.79. The van der Waals surface area contributed by atoms with Gasteiger partial charge in [-0.1, -0.05) is 78.1 Å².